The number of carbonyl (C=O) groups excluding carboxylic acids is 3. The average Bonchev–Trinajstić information content (AvgIpc) is 2.39. The van der Waals surface area contributed by atoms with Gasteiger partial charge in [0.25, 0.3) is 10.9 Å². The lowest BCUT2D eigenvalue weighted by Gasteiger charge is -2.46. The normalized spacial score (nSPS) is 38.4. The Kier molecular flexibility index (Phi) is 2.06. The van der Waals surface area contributed by atoms with Crippen molar-refractivity contribution in [2.45, 2.75) is 10.1 Å². The Morgan fingerprint density at radius 3 is 2.12 bits per heavy atom. The Morgan fingerprint density at radius 2 is 1.56 bits per heavy atom. The largest absolute Gasteiger partial charge is 0.326 e. The van der Waals surface area contributed by atoms with Crippen LogP contribution in [0.3, 0.4) is 0 Å². The SMILES string of the molecule is CN1C(=O)NC(=O)C2(Cl)NC(=O)N(C)C12Cl. The molecule has 0 aliphatic carbocycles. The van der Waals surface area contributed by atoms with Gasteiger partial charge in [-0.3, -0.25) is 19.9 Å². The minimum Gasteiger partial charge on any atom is -0.306 e. The van der Waals surface area contributed by atoms with Crippen LogP contribution >= 0.6 is 23.2 Å². The molecular formula is C7H8Cl2N4O3. The molecule has 88 valence electrons. The van der Waals surface area contributed by atoms with Gasteiger partial charge in [-0.05, 0) is 0 Å². The molecule has 0 aromatic rings. The summed E-state index contributed by atoms with van der Waals surface area (Å²) in [6.45, 7) is 0. The number of alkyl halides is 2. The molecule has 2 aliphatic heterocycles. The number of nitrogens with zero attached hydrogens (tertiary/aromatic N) is 2. The second-order valence-electron chi connectivity index (χ2n) is 3.55. The van der Waals surface area contributed by atoms with E-state index in [1.54, 1.807) is 0 Å². The first-order chi connectivity index (χ1) is 7.25. The third kappa shape index (κ3) is 0.971. The van der Waals surface area contributed by atoms with E-state index in [9.17, 15) is 14.4 Å². The number of hydrogen-bond acceptors (Lipinski definition) is 3. The second-order valence-corrected chi connectivity index (χ2v) is 4.65. The molecule has 9 heteroatoms. The fourth-order valence-corrected chi connectivity index (χ4v) is 2.40. The highest BCUT2D eigenvalue weighted by Gasteiger charge is 2.71. The van der Waals surface area contributed by atoms with Crippen molar-refractivity contribution >= 4 is 41.2 Å². The third-order valence-corrected chi connectivity index (χ3v) is 4.17. The molecule has 0 aromatic heterocycles. The van der Waals surface area contributed by atoms with E-state index in [0.717, 1.165) is 9.80 Å². The highest BCUT2D eigenvalue weighted by Crippen LogP contribution is 2.44. The molecule has 2 fully saturated rings. The van der Waals surface area contributed by atoms with Crippen molar-refractivity contribution in [3.63, 3.8) is 0 Å². The predicted octanol–water partition coefficient (Wildman–Crippen LogP) is -0.349. The van der Waals surface area contributed by atoms with Gasteiger partial charge in [0.15, 0.2) is 0 Å². The van der Waals surface area contributed by atoms with E-state index < -0.39 is 28.1 Å². The summed E-state index contributed by atoms with van der Waals surface area (Å²) < 4.78 is 0. The minimum absolute atomic E-state index is 0.637. The zero-order chi connectivity index (χ0) is 12.3. The van der Waals surface area contributed by atoms with Crippen LogP contribution in [0.15, 0.2) is 0 Å². The highest BCUT2D eigenvalue weighted by molar-refractivity contribution is 6.46. The van der Waals surface area contributed by atoms with Gasteiger partial charge in [-0.15, -0.1) is 0 Å². The van der Waals surface area contributed by atoms with Gasteiger partial charge in [0.2, 0.25) is 5.12 Å². The summed E-state index contributed by atoms with van der Waals surface area (Å²) in [5.74, 6) is -0.857. The minimum atomic E-state index is -1.90. The fourth-order valence-electron chi connectivity index (χ4n) is 1.74. The molecule has 16 heavy (non-hydrogen) atoms. The van der Waals surface area contributed by atoms with Crippen LogP contribution in [-0.2, 0) is 4.79 Å². The maximum atomic E-state index is 11.6. The quantitative estimate of drug-likeness (QED) is 0.465. The van der Waals surface area contributed by atoms with E-state index in [-0.39, 0.29) is 0 Å². The van der Waals surface area contributed by atoms with Crippen LogP contribution in [0.1, 0.15) is 0 Å². The van der Waals surface area contributed by atoms with E-state index in [1.165, 1.54) is 14.1 Å². The van der Waals surface area contributed by atoms with E-state index in [1.807, 2.05) is 5.32 Å². The summed E-state index contributed by atoms with van der Waals surface area (Å²) >= 11 is 12.2. The topological polar surface area (TPSA) is 81.8 Å². The molecule has 2 heterocycles. The summed E-state index contributed by atoms with van der Waals surface area (Å²) in [6, 6.07) is -1.36. The highest BCUT2D eigenvalue weighted by atomic mass is 35.5. The third-order valence-electron chi connectivity index (χ3n) is 2.75. The molecule has 2 atom stereocenters. The predicted molar refractivity (Wildman–Crippen MR) is 54.8 cm³/mol. The van der Waals surface area contributed by atoms with E-state index >= 15 is 0 Å². The van der Waals surface area contributed by atoms with Crippen LogP contribution in [0, 0.1) is 0 Å². The first-order valence-corrected chi connectivity index (χ1v) is 5.04. The molecule has 2 saturated heterocycles. The van der Waals surface area contributed by atoms with Crippen molar-refractivity contribution in [3.8, 4) is 0 Å². The van der Waals surface area contributed by atoms with Crippen molar-refractivity contribution < 1.29 is 14.4 Å². The zero-order valence-corrected chi connectivity index (χ0v) is 9.89. The lowest BCUT2D eigenvalue weighted by Crippen LogP contribution is -2.75. The van der Waals surface area contributed by atoms with Crippen LogP contribution in [0.5, 0.6) is 0 Å². The van der Waals surface area contributed by atoms with E-state index in [0.29, 0.717) is 0 Å². The molecular weight excluding hydrogens is 259 g/mol. The second kappa shape index (κ2) is 2.92. The van der Waals surface area contributed by atoms with Crippen LogP contribution < -0.4 is 10.6 Å². The summed E-state index contributed by atoms with van der Waals surface area (Å²) in [7, 11) is 2.68. The van der Waals surface area contributed by atoms with Crippen molar-refractivity contribution in [2.75, 3.05) is 14.1 Å². The first-order valence-electron chi connectivity index (χ1n) is 4.28. The molecule has 2 rings (SSSR count). The Morgan fingerprint density at radius 1 is 1.06 bits per heavy atom. The maximum absolute atomic E-state index is 11.6. The van der Waals surface area contributed by atoms with E-state index in [2.05, 4.69) is 5.32 Å². The van der Waals surface area contributed by atoms with Crippen molar-refractivity contribution in [3.05, 3.63) is 0 Å². The van der Waals surface area contributed by atoms with Gasteiger partial charge in [0, 0.05) is 14.1 Å². The fraction of sp³-hybridized carbons (Fsp3) is 0.571. The van der Waals surface area contributed by atoms with Gasteiger partial charge in [-0.2, -0.15) is 0 Å². The van der Waals surface area contributed by atoms with Crippen LogP contribution in [0.25, 0.3) is 0 Å². The number of imide groups is 1. The van der Waals surface area contributed by atoms with Crippen LogP contribution in [0.4, 0.5) is 9.59 Å². The number of rotatable bonds is 0. The standard InChI is InChI=1S/C7H8Cl2N4O3/c1-12-4(15)10-3(14)6(8)7(12,9)13(2)5(16)11-6/h1-2H3,(H,11,16)(H,10,14,15). The molecule has 2 aliphatic rings. The average molecular weight is 267 g/mol. The number of likely N-dealkylation sites (N-methyl/N-ethyl adjacent to an activating group) is 2. The van der Waals surface area contributed by atoms with Gasteiger partial charge in [-0.25, -0.2) is 9.59 Å². The van der Waals surface area contributed by atoms with Crippen LogP contribution in [-0.4, -0.2) is 52.0 Å². The van der Waals surface area contributed by atoms with Crippen molar-refractivity contribution in [1.29, 1.82) is 0 Å². The Hall–Kier alpha value is -1.21. The van der Waals surface area contributed by atoms with Gasteiger partial charge < -0.3 is 5.32 Å². The number of amides is 5. The van der Waals surface area contributed by atoms with E-state index in [4.69, 9.17) is 23.2 Å². The molecule has 0 spiro atoms. The smallest absolute Gasteiger partial charge is 0.306 e. The summed E-state index contributed by atoms with van der Waals surface area (Å²) in [5.41, 5.74) is 0. The zero-order valence-electron chi connectivity index (χ0n) is 8.38. The molecule has 0 aromatic carbocycles. The van der Waals surface area contributed by atoms with Gasteiger partial charge in [-0.1, -0.05) is 23.2 Å². The van der Waals surface area contributed by atoms with Crippen molar-refractivity contribution in [1.82, 2.24) is 20.4 Å². The number of urea groups is 2. The molecule has 0 saturated carbocycles. The van der Waals surface area contributed by atoms with Crippen LogP contribution in [0.2, 0.25) is 0 Å². The lowest BCUT2D eigenvalue weighted by atomic mass is 10.1. The van der Waals surface area contributed by atoms with Gasteiger partial charge in [0.05, 0.1) is 0 Å². The number of hydrogen-bond donors (Lipinski definition) is 2. The maximum Gasteiger partial charge on any atom is 0.326 e. The number of fused-ring (bicyclic) bond motifs is 1. The Balaban J connectivity index is 2.60. The Bertz CT molecular complexity index is 416. The van der Waals surface area contributed by atoms with Gasteiger partial charge >= 0.3 is 12.1 Å². The summed E-state index contributed by atoms with van der Waals surface area (Å²) in [5, 5.41) is 2.48. The Labute approximate surface area is 101 Å². The molecule has 0 radical (unpaired) electrons. The van der Waals surface area contributed by atoms with Crippen molar-refractivity contribution in [2.24, 2.45) is 0 Å². The first kappa shape index (κ1) is 11.3. The molecule has 0 bridgehead atoms. The summed E-state index contributed by atoms with van der Waals surface area (Å²) in [4.78, 5) is 34.6. The molecule has 2 N–H and O–H groups in total. The molecule has 5 amide bonds. The number of carbonyl (C=O) groups is 3. The summed E-state index contributed by atoms with van der Waals surface area (Å²) in [6.07, 6.45) is 0. The molecule has 2 unspecified atom stereocenters. The molecule has 7 nitrogen and oxygen atoms in total. The number of halogens is 2. The monoisotopic (exact) mass is 266 g/mol. The van der Waals surface area contributed by atoms with Gasteiger partial charge in [0.1, 0.15) is 0 Å². The number of nitrogens with one attached hydrogen (secondary N) is 2. The lowest BCUT2D eigenvalue weighted by molar-refractivity contribution is -0.128.